The van der Waals surface area contributed by atoms with Crippen molar-refractivity contribution in [3.05, 3.63) is 12.2 Å². The van der Waals surface area contributed by atoms with Crippen molar-refractivity contribution in [1.82, 2.24) is 0 Å². The molecule has 1 heterocycles. The topological polar surface area (TPSA) is 21.6 Å². The summed E-state index contributed by atoms with van der Waals surface area (Å²) in [4.78, 5) is 4.30. The average molecular weight is 139 g/mol. The van der Waals surface area contributed by atoms with Crippen LogP contribution in [0.3, 0.4) is 0 Å². The number of hydrogen-bond acceptors (Lipinski definition) is 2. The second-order valence-corrected chi connectivity index (χ2v) is 2.34. The van der Waals surface area contributed by atoms with Gasteiger partial charge in [0.05, 0.1) is 6.04 Å². The summed E-state index contributed by atoms with van der Waals surface area (Å²) in [6.07, 6.45) is 4.91. The minimum absolute atomic E-state index is 0.395. The molecule has 1 rings (SSSR count). The van der Waals surface area contributed by atoms with Crippen molar-refractivity contribution in [2.45, 2.75) is 26.3 Å². The molecule has 0 aromatic heterocycles. The van der Waals surface area contributed by atoms with Gasteiger partial charge in [0.1, 0.15) is 6.61 Å². The molecule has 0 spiro atoms. The highest BCUT2D eigenvalue weighted by Crippen LogP contribution is 2.07. The molecule has 56 valence electrons. The molecule has 1 atom stereocenters. The van der Waals surface area contributed by atoms with E-state index in [2.05, 4.69) is 11.9 Å². The van der Waals surface area contributed by atoms with Gasteiger partial charge in [-0.1, -0.05) is 13.0 Å². The molecular weight excluding hydrogens is 126 g/mol. The minimum atomic E-state index is 0.395. The summed E-state index contributed by atoms with van der Waals surface area (Å²) in [7, 11) is 0. The maximum atomic E-state index is 5.26. The van der Waals surface area contributed by atoms with Crippen molar-refractivity contribution in [1.29, 1.82) is 0 Å². The summed E-state index contributed by atoms with van der Waals surface area (Å²) in [6, 6.07) is 0.395. The van der Waals surface area contributed by atoms with Gasteiger partial charge in [-0.3, -0.25) is 0 Å². The van der Waals surface area contributed by atoms with Crippen molar-refractivity contribution in [3.8, 4) is 0 Å². The number of aliphatic imine (C=N–C) groups is 1. The fourth-order valence-corrected chi connectivity index (χ4v) is 0.879. The Labute approximate surface area is 61.6 Å². The van der Waals surface area contributed by atoms with Crippen LogP contribution in [0.25, 0.3) is 0 Å². The predicted molar refractivity (Wildman–Crippen MR) is 42.3 cm³/mol. The van der Waals surface area contributed by atoms with Crippen molar-refractivity contribution >= 4 is 5.90 Å². The average Bonchev–Trinajstić information content (AvgIpc) is 2.37. The van der Waals surface area contributed by atoms with Crippen LogP contribution in [0.1, 0.15) is 20.3 Å². The molecule has 1 aliphatic rings. The van der Waals surface area contributed by atoms with Crippen molar-refractivity contribution in [3.63, 3.8) is 0 Å². The number of ether oxygens (including phenoxy) is 1. The van der Waals surface area contributed by atoms with E-state index in [9.17, 15) is 0 Å². The molecular formula is C8H13NO. The highest BCUT2D eigenvalue weighted by molar-refractivity contribution is 5.88. The van der Waals surface area contributed by atoms with E-state index in [0.29, 0.717) is 6.04 Å². The lowest BCUT2D eigenvalue weighted by atomic mass is 10.3. The first kappa shape index (κ1) is 7.32. The molecule has 0 bridgehead atoms. The molecule has 1 aliphatic heterocycles. The molecule has 0 radical (unpaired) electrons. The van der Waals surface area contributed by atoms with E-state index in [-0.39, 0.29) is 0 Å². The third kappa shape index (κ3) is 1.59. The Hall–Kier alpha value is -0.790. The summed E-state index contributed by atoms with van der Waals surface area (Å²) in [6.45, 7) is 4.84. The van der Waals surface area contributed by atoms with Gasteiger partial charge in [0.25, 0.3) is 0 Å². The van der Waals surface area contributed by atoms with Crippen LogP contribution < -0.4 is 0 Å². The van der Waals surface area contributed by atoms with Crippen LogP contribution in [0, 0.1) is 0 Å². The zero-order valence-electron chi connectivity index (χ0n) is 6.50. The Morgan fingerprint density at radius 2 is 2.60 bits per heavy atom. The summed E-state index contributed by atoms with van der Waals surface area (Å²) in [5, 5.41) is 0. The van der Waals surface area contributed by atoms with Gasteiger partial charge in [-0.05, 0) is 19.4 Å². The van der Waals surface area contributed by atoms with Gasteiger partial charge < -0.3 is 4.74 Å². The monoisotopic (exact) mass is 139 g/mol. The summed E-state index contributed by atoms with van der Waals surface area (Å²) < 4.78 is 5.26. The second kappa shape index (κ2) is 3.40. The highest BCUT2D eigenvalue weighted by atomic mass is 16.5. The van der Waals surface area contributed by atoms with E-state index in [0.717, 1.165) is 18.9 Å². The van der Waals surface area contributed by atoms with Gasteiger partial charge in [-0.2, -0.15) is 0 Å². The maximum Gasteiger partial charge on any atom is 0.208 e. The second-order valence-electron chi connectivity index (χ2n) is 2.34. The lowest BCUT2D eigenvalue weighted by Gasteiger charge is -1.95. The van der Waals surface area contributed by atoms with Gasteiger partial charge >= 0.3 is 0 Å². The quantitative estimate of drug-likeness (QED) is 0.571. The van der Waals surface area contributed by atoms with Crippen molar-refractivity contribution < 1.29 is 4.74 Å². The zero-order valence-corrected chi connectivity index (χ0v) is 6.50. The standard InChI is InChI=1S/C8H13NO/c1-3-5-8-9-7(4-2)6-10-8/h3,5,7H,4,6H2,1-2H3/b5-3+/t7-/m1/s1. The molecule has 0 aromatic rings. The Balaban J connectivity index is 2.48. The van der Waals surface area contributed by atoms with E-state index in [4.69, 9.17) is 4.74 Å². The first-order valence-electron chi connectivity index (χ1n) is 3.70. The fraction of sp³-hybridized carbons (Fsp3) is 0.625. The Morgan fingerprint density at radius 1 is 1.80 bits per heavy atom. The Morgan fingerprint density at radius 3 is 3.10 bits per heavy atom. The van der Waals surface area contributed by atoms with Crippen LogP contribution in [-0.2, 0) is 4.74 Å². The van der Waals surface area contributed by atoms with Crippen molar-refractivity contribution in [2.75, 3.05) is 6.61 Å². The molecule has 0 aromatic carbocycles. The molecule has 0 N–H and O–H groups in total. The van der Waals surface area contributed by atoms with E-state index in [1.165, 1.54) is 0 Å². The first-order chi connectivity index (χ1) is 4.86. The molecule has 0 saturated heterocycles. The molecule has 0 fully saturated rings. The predicted octanol–water partition coefficient (Wildman–Crippen LogP) is 1.77. The van der Waals surface area contributed by atoms with E-state index in [1.54, 1.807) is 0 Å². The molecule has 0 saturated carbocycles. The van der Waals surface area contributed by atoms with Gasteiger partial charge in [0.2, 0.25) is 5.90 Å². The molecule has 2 heteroatoms. The lowest BCUT2D eigenvalue weighted by Crippen LogP contribution is -2.02. The molecule has 10 heavy (non-hydrogen) atoms. The fourth-order valence-electron chi connectivity index (χ4n) is 0.879. The lowest BCUT2D eigenvalue weighted by molar-refractivity contribution is 0.316. The maximum absolute atomic E-state index is 5.26. The third-order valence-electron chi connectivity index (χ3n) is 1.51. The number of hydrogen-bond donors (Lipinski definition) is 0. The third-order valence-corrected chi connectivity index (χ3v) is 1.51. The van der Waals surface area contributed by atoms with Gasteiger partial charge in [-0.25, -0.2) is 4.99 Å². The normalized spacial score (nSPS) is 25.0. The van der Waals surface area contributed by atoms with Crippen LogP contribution in [0.15, 0.2) is 17.1 Å². The molecule has 2 nitrogen and oxygen atoms in total. The number of rotatable bonds is 2. The molecule has 0 amide bonds. The van der Waals surface area contributed by atoms with Gasteiger partial charge in [-0.15, -0.1) is 0 Å². The number of allylic oxidation sites excluding steroid dienone is 1. The van der Waals surface area contributed by atoms with E-state index in [1.807, 2.05) is 19.1 Å². The zero-order chi connectivity index (χ0) is 7.40. The summed E-state index contributed by atoms with van der Waals surface area (Å²) in [5.41, 5.74) is 0. The van der Waals surface area contributed by atoms with Gasteiger partial charge in [0.15, 0.2) is 0 Å². The van der Waals surface area contributed by atoms with Crippen LogP contribution in [-0.4, -0.2) is 18.5 Å². The minimum Gasteiger partial charge on any atom is -0.476 e. The first-order valence-corrected chi connectivity index (χ1v) is 3.70. The van der Waals surface area contributed by atoms with Crippen molar-refractivity contribution in [2.24, 2.45) is 4.99 Å². The molecule has 0 aliphatic carbocycles. The molecule has 0 unspecified atom stereocenters. The summed E-state index contributed by atoms with van der Waals surface area (Å²) >= 11 is 0. The Bertz CT molecular complexity index is 161. The summed E-state index contributed by atoms with van der Waals surface area (Å²) in [5.74, 6) is 0.786. The van der Waals surface area contributed by atoms with E-state index >= 15 is 0 Å². The SMILES string of the molecule is C/C=C/C1=N[C@H](CC)CO1. The van der Waals surface area contributed by atoms with Crippen LogP contribution in [0.2, 0.25) is 0 Å². The smallest absolute Gasteiger partial charge is 0.208 e. The van der Waals surface area contributed by atoms with Crippen LogP contribution in [0.5, 0.6) is 0 Å². The van der Waals surface area contributed by atoms with Crippen LogP contribution in [0.4, 0.5) is 0 Å². The van der Waals surface area contributed by atoms with Gasteiger partial charge in [0, 0.05) is 0 Å². The Kier molecular flexibility index (Phi) is 2.49. The largest absolute Gasteiger partial charge is 0.476 e. The van der Waals surface area contributed by atoms with E-state index < -0.39 is 0 Å². The van der Waals surface area contributed by atoms with Crippen LogP contribution >= 0.6 is 0 Å². The number of nitrogens with zero attached hydrogens (tertiary/aromatic N) is 1. The highest BCUT2D eigenvalue weighted by Gasteiger charge is 2.13.